The van der Waals surface area contributed by atoms with Crippen LogP contribution < -0.4 is 11.1 Å². The van der Waals surface area contributed by atoms with Gasteiger partial charge in [0.05, 0.1) is 17.1 Å². The lowest BCUT2D eigenvalue weighted by Crippen LogP contribution is -1.99. The second-order valence-electron chi connectivity index (χ2n) is 3.94. The minimum absolute atomic E-state index is 0.302. The zero-order valence-corrected chi connectivity index (χ0v) is 12.5. The average Bonchev–Trinajstić information content (AvgIpc) is 2.29. The Labute approximate surface area is 123 Å². The van der Waals surface area contributed by atoms with E-state index in [9.17, 15) is 4.39 Å². The molecule has 0 saturated heterocycles. The van der Waals surface area contributed by atoms with Gasteiger partial charge in [0.2, 0.25) is 0 Å². The van der Waals surface area contributed by atoms with Crippen molar-refractivity contribution >= 4 is 51.3 Å². The number of rotatable bonds is 2. The monoisotopic (exact) mass is 376 g/mol. The highest BCUT2D eigenvalue weighted by Crippen LogP contribution is 2.29. The summed E-state index contributed by atoms with van der Waals surface area (Å²) < 4.78 is 14.3. The molecule has 0 atom stereocenters. The summed E-state index contributed by atoms with van der Waals surface area (Å²) in [4.78, 5) is 0. The Bertz CT molecular complexity index is 602. The number of aryl methyl sites for hydroxylation is 1. The highest BCUT2D eigenvalue weighted by atomic mass is 127. The normalized spacial score (nSPS) is 10.4. The van der Waals surface area contributed by atoms with Gasteiger partial charge in [-0.05, 0) is 65.4 Å². The van der Waals surface area contributed by atoms with Gasteiger partial charge in [-0.1, -0.05) is 11.6 Å². The average molecular weight is 377 g/mol. The predicted molar refractivity (Wildman–Crippen MR) is 83.0 cm³/mol. The Morgan fingerprint density at radius 2 is 1.94 bits per heavy atom. The molecule has 0 aliphatic carbocycles. The first-order valence-corrected chi connectivity index (χ1v) is 6.71. The highest BCUT2D eigenvalue weighted by Gasteiger charge is 2.07. The summed E-state index contributed by atoms with van der Waals surface area (Å²) in [6.45, 7) is 1.70. The van der Waals surface area contributed by atoms with Crippen LogP contribution in [0, 0.1) is 16.3 Å². The topological polar surface area (TPSA) is 38.0 Å². The summed E-state index contributed by atoms with van der Waals surface area (Å²) in [5.41, 5.74) is 8.29. The number of hydrogen-bond donors (Lipinski definition) is 2. The Morgan fingerprint density at radius 3 is 2.61 bits per heavy atom. The van der Waals surface area contributed by atoms with Crippen molar-refractivity contribution in [3.8, 4) is 0 Å². The lowest BCUT2D eigenvalue weighted by molar-refractivity contribution is 0.619. The molecule has 94 valence electrons. The molecule has 0 fully saturated rings. The fraction of sp³-hybridized carbons (Fsp3) is 0.0769. The summed E-state index contributed by atoms with van der Waals surface area (Å²) >= 11 is 8.07. The summed E-state index contributed by atoms with van der Waals surface area (Å²) in [5.74, 6) is -0.302. The second kappa shape index (κ2) is 5.32. The van der Waals surface area contributed by atoms with Gasteiger partial charge in [0, 0.05) is 8.59 Å². The standard InChI is InChI=1S/C13H11ClFIN2/c1-7-4-13(11(17)6-9(7)15)18-12-3-2-8(14)5-10(12)16/h2-6,18H,17H2,1H3. The van der Waals surface area contributed by atoms with E-state index in [1.54, 1.807) is 19.1 Å². The second-order valence-corrected chi connectivity index (χ2v) is 5.54. The van der Waals surface area contributed by atoms with Crippen molar-refractivity contribution in [3.05, 3.63) is 50.3 Å². The van der Waals surface area contributed by atoms with Gasteiger partial charge < -0.3 is 11.1 Å². The summed E-state index contributed by atoms with van der Waals surface area (Å²) in [6.07, 6.45) is 0. The molecule has 0 radical (unpaired) electrons. The minimum Gasteiger partial charge on any atom is -0.397 e. The van der Waals surface area contributed by atoms with Crippen molar-refractivity contribution in [2.75, 3.05) is 11.1 Å². The number of halogens is 3. The first kappa shape index (κ1) is 13.4. The molecule has 0 aliphatic heterocycles. The van der Waals surface area contributed by atoms with Crippen LogP contribution in [0.4, 0.5) is 21.5 Å². The van der Waals surface area contributed by atoms with E-state index < -0.39 is 0 Å². The molecule has 3 N–H and O–H groups in total. The van der Waals surface area contributed by atoms with Crippen molar-refractivity contribution in [1.29, 1.82) is 0 Å². The lowest BCUT2D eigenvalue weighted by Gasteiger charge is -2.12. The maximum absolute atomic E-state index is 13.3. The van der Waals surface area contributed by atoms with Crippen LogP contribution in [0.25, 0.3) is 0 Å². The van der Waals surface area contributed by atoms with E-state index in [0.717, 1.165) is 9.26 Å². The molecule has 0 spiro atoms. The number of benzene rings is 2. The van der Waals surface area contributed by atoms with Gasteiger partial charge >= 0.3 is 0 Å². The van der Waals surface area contributed by atoms with Crippen molar-refractivity contribution in [1.82, 2.24) is 0 Å². The third-order valence-electron chi connectivity index (χ3n) is 2.53. The lowest BCUT2D eigenvalue weighted by atomic mass is 10.1. The molecule has 2 nitrogen and oxygen atoms in total. The summed E-state index contributed by atoms with van der Waals surface area (Å²) in [5, 5.41) is 3.85. The predicted octanol–water partition coefficient (Wildman–Crippen LogP) is 4.72. The first-order valence-electron chi connectivity index (χ1n) is 5.25. The van der Waals surface area contributed by atoms with Crippen LogP contribution in [0.5, 0.6) is 0 Å². The third-order valence-corrected chi connectivity index (χ3v) is 3.66. The summed E-state index contributed by atoms with van der Waals surface area (Å²) in [7, 11) is 0. The number of hydrogen-bond acceptors (Lipinski definition) is 2. The fourth-order valence-corrected chi connectivity index (χ4v) is 2.55. The van der Waals surface area contributed by atoms with Crippen molar-refractivity contribution in [2.45, 2.75) is 6.92 Å². The number of nitrogen functional groups attached to an aromatic ring is 1. The van der Waals surface area contributed by atoms with E-state index in [-0.39, 0.29) is 5.82 Å². The van der Waals surface area contributed by atoms with Crippen LogP contribution in [0.3, 0.4) is 0 Å². The molecule has 0 aromatic heterocycles. The Kier molecular flexibility index (Phi) is 3.97. The van der Waals surface area contributed by atoms with E-state index in [1.807, 2.05) is 12.1 Å². The maximum Gasteiger partial charge on any atom is 0.128 e. The quantitative estimate of drug-likeness (QED) is 0.588. The zero-order valence-electron chi connectivity index (χ0n) is 9.60. The van der Waals surface area contributed by atoms with Crippen molar-refractivity contribution in [2.24, 2.45) is 0 Å². The van der Waals surface area contributed by atoms with Crippen LogP contribution in [0.2, 0.25) is 5.02 Å². The molecule has 2 aromatic rings. The highest BCUT2D eigenvalue weighted by molar-refractivity contribution is 14.1. The van der Waals surface area contributed by atoms with Gasteiger partial charge in [0.15, 0.2) is 0 Å². The van der Waals surface area contributed by atoms with E-state index in [4.69, 9.17) is 17.3 Å². The molecule has 0 bridgehead atoms. The molecule has 2 rings (SSSR count). The molecule has 2 aromatic carbocycles. The summed E-state index contributed by atoms with van der Waals surface area (Å²) in [6, 6.07) is 8.51. The van der Waals surface area contributed by atoms with Crippen LogP contribution in [0.1, 0.15) is 5.56 Å². The first-order chi connectivity index (χ1) is 8.47. The minimum atomic E-state index is -0.302. The smallest absolute Gasteiger partial charge is 0.128 e. The SMILES string of the molecule is Cc1cc(Nc2ccc(Cl)cc2I)c(N)cc1F. The van der Waals surface area contributed by atoms with E-state index in [2.05, 4.69) is 27.9 Å². The van der Waals surface area contributed by atoms with Gasteiger partial charge in [0.25, 0.3) is 0 Å². The number of anilines is 3. The Balaban J connectivity index is 2.37. The molecule has 18 heavy (non-hydrogen) atoms. The fourth-order valence-electron chi connectivity index (χ4n) is 1.54. The van der Waals surface area contributed by atoms with Gasteiger partial charge in [-0.3, -0.25) is 0 Å². The largest absolute Gasteiger partial charge is 0.397 e. The number of nitrogens with two attached hydrogens (primary N) is 1. The molecule has 0 unspecified atom stereocenters. The third kappa shape index (κ3) is 2.87. The van der Waals surface area contributed by atoms with Crippen molar-refractivity contribution < 1.29 is 4.39 Å². The molecule has 5 heteroatoms. The van der Waals surface area contributed by atoms with Crippen LogP contribution in [-0.2, 0) is 0 Å². The van der Waals surface area contributed by atoms with Gasteiger partial charge in [-0.15, -0.1) is 0 Å². The molecular weight excluding hydrogens is 366 g/mol. The molecule has 0 saturated carbocycles. The molecule has 0 amide bonds. The van der Waals surface area contributed by atoms with Gasteiger partial charge in [-0.2, -0.15) is 0 Å². The van der Waals surface area contributed by atoms with E-state index in [1.165, 1.54) is 6.07 Å². The van der Waals surface area contributed by atoms with E-state index >= 15 is 0 Å². The van der Waals surface area contributed by atoms with Crippen LogP contribution in [-0.4, -0.2) is 0 Å². The van der Waals surface area contributed by atoms with Gasteiger partial charge in [0.1, 0.15) is 5.82 Å². The van der Waals surface area contributed by atoms with Crippen molar-refractivity contribution in [3.63, 3.8) is 0 Å². The molecule has 0 heterocycles. The molecule has 0 aliphatic rings. The Morgan fingerprint density at radius 1 is 1.22 bits per heavy atom. The maximum atomic E-state index is 13.3. The zero-order chi connectivity index (χ0) is 13.3. The van der Waals surface area contributed by atoms with E-state index in [0.29, 0.717) is 22.0 Å². The molecular formula is C13H11ClFIN2. The van der Waals surface area contributed by atoms with Crippen LogP contribution in [0.15, 0.2) is 30.3 Å². The number of nitrogens with one attached hydrogen (secondary N) is 1. The van der Waals surface area contributed by atoms with Crippen LogP contribution >= 0.6 is 34.2 Å². The van der Waals surface area contributed by atoms with Gasteiger partial charge in [-0.25, -0.2) is 4.39 Å². The Hall–Kier alpha value is -1.01.